The molecule has 5 nitrogen and oxygen atoms in total. The summed E-state index contributed by atoms with van der Waals surface area (Å²) < 4.78 is 13.3. The molecule has 2 aromatic rings. The van der Waals surface area contributed by atoms with Gasteiger partial charge in [-0.25, -0.2) is 4.98 Å². The van der Waals surface area contributed by atoms with Crippen LogP contribution in [0.15, 0.2) is 12.5 Å². The highest BCUT2D eigenvalue weighted by molar-refractivity contribution is 5.86. The molecule has 0 saturated carbocycles. The zero-order valence-corrected chi connectivity index (χ0v) is 11.5. The van der Waals surface area contributed by atoms with Gasteiger partial charge in [0.05, 0.1) is 7.11 Å². The van der Waals surface area contributed by atoms with Gasteiger partial charge in [-0.05, 0) is 27.7 Å². The van der Waals surface area contributed by atoms with Gasteiger partial charge in [0.2, 0.25) is 5.88 Å². The lowest BCUT2D eigenvalue weighted by molar-refractivity contribution is 0.126. The minimum absolute atomic E-state index is 0.294. The Morgan fingerprint density at radius 3 is 2.56 bits per heavy atom. The number of rotatable bonds is 3. The second kappa shape index (κ2) is 4.48. The van der Waals surface area contributed by atoms with E-state index in [4.69, 9.17) is 9.47 Å². The van der Waals surface area contributed by atoms with Gasteiger partial charge in [0.25, 0.3) is 0 Å². The first-order valence-electron chi connectivity index (χ1n) is 6.03. The minimum atomic E-state index is -0.294. The van der Waals surface area contributed by atoms with Crippen LogP contribution in [-0.2, 0) is 6.54 Å². The summed E-state index contributed by atoms with van der Waals surface area (Å²) >= 11 is 0. The number of ether oxygens (including phenoxy) is 2. The summed E-state index contributed by atoms with van der Waals surface area (Å²) in [6, 6.07) is 0. The molecule has 0 atom stereocenters. The molecule has 2 aromatic heterocycles. The maximum Gasteiger partial charge on any atom is 0.242 e. The van der Waals surface area contributed by atoms with E-state index >= 15 is 0 Å². The maximum absolute atomic E-state index is 5.89. The van der Waals surface area contributed by atoms with Crippen LogP contribution in [0, 0.1) is 0 Å². The van der Waals surface area contributed by atoms with Crippen molar-refractivity contribution in [3.8, 4) is 11.6 Å². The summed E-state index contributed by atoms with van der Waals surface area (Å²) in [7, 11) is 1.64. The zero-order chi connectivity index (χ0) is 13.3. The van der Waals surface area contributed by atoms with Crippen LogP contribution in [0.2, 0.25) is 0 Å². The molecular weight excluding hydrogens is 230 g/mol. The number of hydrogen-bond donors (Lipinski definition) is 0. The first kappa shape index (κ1) is 12.7. The van der Waals surface area contributed by atoms with E-state index in [0.29, 0.717) is 5.88 Å². The molecule has 2 heterocycles. The number of aromatic nitrogens is 3. The van der Waals surface area contributed by atoms with Gasteiger partial charge in [-0.15, -0.1) is 0 Å². The highest BCUT2D eigenvalue weighted by atomic mass is 16.5. The predicted octanol–water partition coefficient (Wildman–Crippen LogP) is 2.64. The molecular formula is C13H19N3O2. The lowest BCUT2D eigenvalue weighted by Gasteiger charge is -2.21. The smallest absolute Gasteiger partial charge is 0.242 e. The summed E-state index contributed by atoms with van der Waals surface area (Å²) in [5, 5.41) is 0. The Morgan fingerprint density at radius 1 is 1.28 bits per heavy atom. The Kier molecular flexibility index (Phi) is 3.15. The van der Waals surface area contributed by atoms with Crippen LogP contribution < -0.4 is 9.47 Å². The van der Waals surface area contributed by atoms with E-state index in [9.17, 15) is 0 Å². The Balaban J connectivity index is 2.63. The maximum atomic E-state index is 5.89. The fourth-order valence-corrected chi connectivity index (χ4v) is 1.83. The van der Waals surface area contributed by atoms with Crippen molar-refractivity contribution in [1.82, 2.24) is 14.5 Å². The molecule has 0 bridgehead atoms. The summed E-state index contributed by atoms with van der Waals surface area (Å²) in [4.78, 5) is 8.51. The van der Waals surface area contributed by atoms with Crippen molar-refractivity contribution in [3.63, 3.8) is 0 Å². The SMILES string of the molecule is CCn1cc(OC)c2ncnc(OC(C)(C)C)c21. The minimum Gasteiger partial charge on any atom is -0.493 e. The number of fused-ring (bicyclic) bond motifs is 1. The second-order valence-electron chi connectivity index (χ2n) is 5.07. The Morgan fingerprint density at radius 2 is 2.00 bits per heavy atom. The Labute approximate surface area is 107 Å². The molecule has 0 amide bonds. The van der Waals surface area contributed by atoms with Crippen molar-refractivity contribution in [3.05, 3.63) is 12.5 Å². The quantitative estimate of drug-likeness (QED) is 0.839. The van der Waals surface area contributed by atoms with Crippen LogP contribution in [0.25, 0.3) is 11.0 Å². The van der Waals surface area contributed by atoms with Crippen LogP contribution in [0.5, 0.6) is 11.6 Å². The molecule has 0 unspecified atom stereocenters. The van der Waals surface area contributed by atoms with Gasteiger partial charge in [0.1, 0.15) is 23.0 Å². The third-order valence-corrected chi connectivity index (χ3v) is 2.55. The molecule has 5 heteroatoms. The standard InChI is InChI=1S/C13H19N3O2/c1-6-16-7-9(17-5)10-11(16)12(15-8-14-10)18-13(2,3)4/h7-8H,6H2,1-5H3. The summed E-state index contributed by atoms with van der Waals surface area (Å²) in [6.45, 7) is 8.87. The van der Waals surface area contributed by atoms with E-state index in [0.717, 1.165) is 23.3 Å². The summed E-state index contributed by atoms with van der Waals surface area (Å²) in [6.07, 6.45) is 3.43. The van der Waals surface area contributed by atoms with Crippen molar-refractivity contribution in [1.29, 1.82) is 0 Å². The number of aryl methyl sites for hydroxylation is 1. The largest absolute Gasteiger partial charge is 0.493 e. The Hall–Kier alpha value is -1.78. The molecule has 98 valence electrons. The van der Waals surface area contributed by atoms with Crippen LogP contribution in [0.3, 0.4) is 0 Å². The molecule has 0 N–H and O–H groups in total. The zero-order valence-electron chi connectivity index (χ0n) is 11.5. The van der Waals surface area contributed by atoms with Crippen molar-refractivity contribution in [2.75, 3.05) is 7.11 Å². The molecule has 0 aliphatic carbocycles. The second-order valence-corrected chi connectivity index (χ2v) is 5.07. The molecule has 18 heavy (non-hydrogen) atoms. The van der Waals surface area contributed by atoms with Gasteiger partial charge >= 0.3 is 0 Å². The monoisotopic (exact) mass is 249 g/mol. The lowest BCUT2D eigenvalue weighted by atomic mass is 10.2. The first-order valence-corrected chi connectivity index (χ1v) is 6.03. The van der Waals surface area contributed by atoms with E-state index in [1.165, 1.54) is 6.33 Å². The highest BCUT2D eigenvalue weighted by Gasteiger charge is 2.20. The van der Waals surface area contributed by atoms with Crippen LogP contribution in [-0.4, -0.2) is 27.2 Å². The average Bonchev–Trinajstić information content (AvgIpc) is 2.66. The van der Waals surface area contributed by atoms with Gasteiger partial charge in [-0.3, -0.25) is 0 Å². The summed E-state index contributed by atoms with van der Waals surface area (Å²) in [5.41, 5.74) is 1.37. The van der Waals surface area contributed by atoms with E-state index < -0.39 is 0 Å². The highest BCUT2D eigenvalue weighted by Crippen LogP contribution is 2.32. The molecule has 0 aromatic carbocycles. The third kappa shape index (κ3) is 2.25. The molecule has 0 aliphatic heterocycles. The topological polar surface area (TPSA) is 49.2 Å². The molecule has 0 fully saturated rings. The van der Waals surface area contributed by atoms with Crippen LogP contribution in [0.1, 0.15) is 27.7 Å². The van der Waals surface area contributed by atoms with Gasteiger partial charge in [0, 0.05) is 12.7 Å². The van der Waals surface area contributed by atoms with E-state index in [1.54, 1.807) is 7.11 Å². The van der Waals surface area contributed by atoms with Gasteiger partial charge < -0.3 is 14.0 Å². The van der Waals surface area contributed by atoms with Gasteiger partial charge in [-0.1, -0.05) is 0 Å². The van der Waals surface area contributed by atoms with E-state index in [-0.39, 0.29) is 5.60 Å². The van der Waals surface area contributed by atoms with Gasteiger partial charge in [0.15, 0.2) is 5.75 Å². The fourth-order valence-electron chi connectivity index (χ4n) is 1.83. The number of methoxy groups -OCH3 is 1. The first-order chi connectivity index (χ1) is 8.46. The predicted molar refractivity (Wildman–Crippen MR) is 70.1 cm³/mol. The normalized spacial score (nSPS) is 11.8. The van der Waals surface area contributed by atoms with Crippen LogP contribution >= 0.6 is 0 Å². The number of nitrogens with zero attached hydrogens (tertiary/aromatic N) is 3. The molecule has 0 radical (unpaired) electrons. The van der Waals surface area contributed by atoms with Gasteiger partial charge in [-0.2, -0.15) is 4.98 Å². The fraction of sp³-hybridized carbons (Fsp3) is 0.538. The Bertz CT molecular complexity index is 555. The molecule has 0 saturated heterocycles. The lowest BCUT2D eigenvalue weighted by Crippen LogP contribution is -2.24. The molecule has 2 rings (SSSR count). The van der Waals surface area contributed by atoms with Crippen LogP contribution in [0.4, 0.5) is 0 Å². The average molecular weight is 249 g/mol. The molecule has 0 aliphatic rings. The van der Waals surface area contributed by atoms with E-state index in [1.807, 2.05) is 31.5 Å². The number of hydrogen-bond acceptors (Lipinski definition) is 4. The molecule has 0 spiro atoms. The van der Waals surface area contributed by atoms with Crippen molar-refractivity contribution >= 4 is 11.0 Å². The van der Waals surface area contributed by atoms with E-state index in [2.05, 4.69) is 16.9 Å². The summed E-state index contributed by atoms with van der Waals surface area (Å²) in [5.74, 6) is 1.34. The third-order valence-electron chi connectivity index (χ3n) is 2.55. The van der Waals surface area contributed by atoms with Crippen molar-refractivity contribution in [2.24, 2.45) is 0 Å². The van der Waals surface area contributed by atoms with Crippen molar-refractivity contribution in [2.45, 2.75) is 39.8 Å². The van der Waals surface area contributed by atoms with Crippen molar-refractivity contribution < 1.29 is 9.47 Å².